The number of nitrogens with zero attached hydrogens (tertiary/aromatic N) is 1. The maximum atomic E-state index is 11.9. The number of carbonyl (C=O) groups excluding carboxylic acids is 2. The summed E-state index contributed by atoms with van der Waals surface area (Å²) >= 11 is 0. The first-order chi connectivity index (χ1) is 11.7. The van der Waals surface area contributed by atoms with E-state index in [1.807, 2.05) is 48.5 Å². The molecule has 124 valence electrons. The molecule has 0 radical (unpaired) electrons. The predicted molar refractivity (Wildman–Crippen MR) is 92.3 cm³/mol. The molecule has 0 saturated carbocycles. The van der Waals surface area contributed by atoms with E-state index in [9.17, 15) is 9.59 Å². The van der Waals surface area contributed by atoms with Crippen molar-refractivity contribution in [3.05, 3.63) is 78.6 Å². The van der Waals surface area contributed by atoms with E-state index in [0.29, 0.717) is 6.54 Å². The summed E-state index contributed by atoms with van der Waals surface area (Å²) in [5.74, 6) is -0.423. The molecular formula is C18H20N4O2. The number of hydrogen-bond donors (Lipinski definition) is 3. The van der Waals surface area contributed by atoms with Crippen LogP contribution >= 0.6 is 0 Å². The quantitative estimate of drug-likeness (QED) is 0.678. The standard InChI is InChI=1S/C18H20N4O2/c1-2-11-20-18(24)22-16(23)13-21-17(14-8-4-3-5-9-14)15-10-6-7-12-19-15/h2-10,12,17,21H,1,11,13H2,(H2,20,22,23,24). The summed E-state index contributed by atoms with van der Waals surface area (Å²) in [7, 11) is 0. The lowest BCUT2D eigenvalue weighted by Gasteiger charge is -2.18. The second-order valence-electron chi connectivity index (χ2n) is 5.03. The van der Waals surface area contributed by atoms with Crippen LogP contribution in [0.2, 0.25) is 0 Å². The molecule has 2 rings (SSSR count). The molecule has 1 unspecified atom stereocenters. The summed E-state index contributed by atoms with van der Waals surface area (Å²) in [6, 6.07) is 14.5. The van der Waals surface area contributed by atoms with E-state index in [2.05, 4.69) is 27.5 Å². The van der Waals surface area contributed by atoms with Crippen LogP contribution in [0.1, 0.15) is 17.3 Å². The van der Waals surface area contributed by atoms with E-state index < -0.39 is 11.9 Å². The van der Waals surface area contributed by atoms with Gasteiger partial charge in [0, 0.05) is 12.7 Å². The molecule has 1 atom stereocenters. The Balaban J connectivity index is 2.00. The van der Waals surface area contributed by atoms with Crippen molar-refractivity contribution in [1.29, 1.82) is 0 Å². The van der Waals surface area contributed by atoms with Gasteiger partial charge in [0.25, 0.3) is 0 Å². The number of rotatable bonds is 7. The number of hydrogen-bond acceptors (Lipinski definition) is 4. The minimum absolute atomic E-state index is 0.0162. The Morgan fingerprint density at radius 2 is 1.88 bits per heavy atom. The number of amides is 3. The Morgan fingerprint density at radius 3 is 2.54 bits per heavy atom. The van der Waals surface area contributed by atoms with Crippen LogP contribution < -0.4 is 16.0 Å². The zero-order valence-electron chi connectivity index (χ0n) is 13.2. The van der Waals surface area contributed by atoms with Gasteiger partial charge in [0.15, 0.2) is 0 Å². The zero-order chi connectivity index (χ0) is 17.2. The van der Waals surface area contributed by atoms with Crippen LogP contribution in [0, 0.1) is 0 Å². The first-order valence-electron chi connectivity index (χ1n) is 7.58. The van der Waals surface area contributed by atoms with Crippen LogP contribution in [-0.2, 0) is 4.79 Å². The summed E-state index contributed by atoms with van der Waals surface area (Å²) in [5.41, 5.74) is 1.78. The summed E-state index contributed by atoms with van der Waals surface area (Å²) in [6.07, 6.45) is 3.24. The van der Waals surface area contributed by atoms with Gasteiger partial charge in [-0.1, -0.05) is 42.5 Å². The predicted octanol–water partition coefficient (Wildman–Crippen LogP) is 1.77. The molecule has 6 nitrogen and oxygen atoms in total. The highest BCUT2D eigenvalue weighted by Gasteiger charge is 2.16. The Labute approximate surface area is 141 Å². The third-order valence-electron chi connectivity index (χ3n) is 3.24. The summed E-state index contributed by atoms with van der Waals surface area (Å²) in [6.45, 7) is 3.77. The molecule has 3 N–H and O–H groups in total. The molecule has 1 heterocycles. The lowest BCUT2D eigenvalue weighted by Crippen LogP contribution is -2.44. The lowest BCUT2D eigenvalue weighted by molar-refractivity contribution is -0.119. The van der Waals surface area contributed by atoms with Gasteiger partial charge in [-0.2, -0.15) is 0 Å². The van der Waals surface area contributed by atoms with Gasteiger partial charge in [0.2, 0.25) is 5.91 Å². The Morgan fingerprint density at radius 1 is 1.12 bits per heavy atom. The molecule has 0 fully saturated rings. The molecule has 0 aliphatic heterocycles. The monoisotopic (exact) mass is 324 g/mol. The van der Waals surface area contributed by atoms with E-state index >= 15 is 0 Å². The van der Waals surface area contributed by atoms with Gasteiger partial charge in [-0.3, -0.25) is 20.4 Å². The normalized spacial score (nSPS) is 11.3. The third kappa shape index (κ3) is 5.33. The van der Waals surface area contributed by atoms with E-state index in [-0.39, 0.29) is 12.6 Å². The number of aromatic nitrogens is 1. The molecule has 0 spiro atoms. The average molecular weight is 324 g/mol. The second-order valence-corrected chi connectivity index (χ2v) is 5.03. The molecule has 6 heteroatoms. The largest absolute Gasteiger partial charge is 0.334 e. The summed E-state index contributed by atoms with van der Waals surface area (Å²) in [5, 5.41) is 7.88. The zero-order valence-corrected chi connectivity index (χ0v) is 13.2. The molecule has 0 saturated heterocycles. The van der Waals surface area contributed by atoms with E-state index in [1.165, 1.54) is 6.08 Å². The molecule has 2 aromatic rings. The Bertz CT molecular complexity index is 634. The fourth-order valence-corrected chi connectivity index (χ4v) is 2.16. The van der Waals surface area contributed by atoms with Crippen LogP contribution in [0.4, 0.5) is 4.79 Å². The van der Waals surface area contributed by atoms with Crippen LogP contribution in [0.25, 0.3) is 0 Å². The van der Waals surface area contributed by atoms with Crippen molar-refractivity contribution in [2.24, 2.45) is 0 Å². The summed E-state index contributed by atoms with van der Waals surface area (Å²) < 4.78 is 0. The minimum atomic E-state index is -0.546. The van der Waals surface area contributed by atoms with Crippen molar-refractivity contribution in [2.45, 2.75) is 6.04 Å². The highest BCUT2D eigenvalue weighted by Crippen LogP contribution is 2.19. The van der Waals surface area contributed by atoms with Crippen LogP contribution in [0.15, 0.2) is 67.4 Å². The number of benzene rings is 1. The number of imide groups is 1. The highest BCUT2D eigenvalue weighted by atomic mass is 16.2. The first kappa shape index (κ1) is 17.4. The number of nitrogens with one attached hydrogen (secondary N) is 3. The van der Waals surface area contributed by atoms with Crippen LogP contribution in [0.5, 0.6) is 0 Å². The number of carbonyl (C=O) groups is 2. The van der Waals surface area contributed by atoms with Gasteiger partial charge in [-0.05, 0) is 17.7 Å². The van der Waals surface area contributed by atoms with Crippen molar-refractivity contribution < 1.29 is 9.59 Å². The molecular weight excluding hydrogens is 304 g/mol. The van der Waals surface area contributed by atoms with Gasteiger partial charge in [0.1, 0.15) is 0 Å². The number of pyridine rings is 1. The van der Waals surface area contributed by atoms with Gasteiger partial charge < -0.3 is 5.32 Å². The molecule has 0 bridgehead atoms. The second kappa shape index (κ2) is 9.22. The minimum Gasteiger partial charge on any atom is -0.334 e. The van der Waals surface area contributed by atoms with Crippen molar-refractivity contribution in [3.63, 3.8) is 0 Å². The van der Waals surface area contributed by atoms with Crippen molar-refractivity contribution in [3.8, 4) is 0 Å². The molecule has 3 amide bonds. The highest BCUT2D eigenvalue weighted by molar-refractivity contribution is 5.95. The maximum absolute atomic E-state index is 11.9. The van der Waals surface area contributed by atoms with Gasteiger partial charge in [-0.15, -0.1) is 6.58 Å². The average Bonchev–Trinajstić information content (AvgIpc) is 2.62. The maximum Gasteiger partial charge on any atom is 0.321 e. The van der Waals surface area contributed by atoms with Gasteiger partial charge >= 0.3 is 6.03 Å². The molecule has 0 aliphatic rings. The summed E-state index contributed by atoms with van der Waals surface area (Å²) in [4.78, 5) is 27.7. The van der Waals surface area contributed by atoms with E-state index in [0.717, 1.165) is 11.3 Å². The molecule has 24 heavy (non-hydrogen) atoms. The van der Waals surface area contributed by atoms with Crippen molar-refractivity contribution in [1.82, 2.24) is 20.9 Å². The van der Waals surface area contributed by atoms with Crippen LogP contribution in [-0.4, -0.2) is 30.0 Å². The lowest BCUT2D eigenvalue weighted by atomic mass is 10.0. The van der Waals surface area contributed by atoms with Crippen molar-refractivity contribution in [2.75, 3.05) is 13.1 Å². The van der Waals surface area contributed by atoms with Crippen LogP contribution in [0.3, 0.4) is 0 Å². The topological polar surface area (TPSA) is 83.1 Å². The molecule has 1 aromatic carbocycles. The fraction of sp³-hybridized carbons (Fsp3) is 0.167. The van der Waals surface area contributed by atoms with Crippen molar-refractivity contribution >= 4 is 11.9 Å². The van der Waals surface area contributed by atoms with E-state index in [1.54, 1.807) is 6.20 Å². The fourth-order valence-electron chi connectivity index (χ4n) is 2.16. The SMILES string of the molecule is C=CCNC(=O)NC(=O)CNC(c1ccccc1)c1ccccn1. The Hall–Kier alpha value is -2.99. The smallest absolute Gasteiger partial charge is 0.321 e. The van der Waals surface area contributed by atoms with Gasteiger partial charge in [0.05, 0.1) is 18.3 Å². The third-order valence-corrected chi connectivity index (χ3v) is 3.24. The van der Waals surface area contributed by atoms with E-state index in [4.69, 9.17) is 0 Å². The Kier molecular flexibility index (Phi) is 6.67. The molecule has 1 aromatic heterocycles. The van der Waals surface area contributed by atoms with Gasteiger partial charge in [-0.25, -0.2) is 4.79 Å². The first-order valence-corrected chi connectivity index (χ1v) is 7.58. The number of urea groups is 1. The molecule has 0 aliphatic carbocycles.